The number of hydrogen-bond donors (Lipinski definition) is 0. The van der Waals surface area contributed by atoms with Crippen LogP contribution in [-0.4, -0.2) is 43.5 Å². The molecule has 0 unspecified atom stereocenters. The summed E-state index contributed by atoms with van der Waals surface area (Å²) < 4.78 is 9.52. The minimum absolute atomic E-state index is 0.434. The fourth-order valence-corrected chi connectivity index (χ4v) is 12.1. The molecule has 3 heterocycles. The van der Waals surface area contributed by atoms with Crippen molar-refractivity contribution in [3.05, 3.63) is 62.0 Å². The minimum atomic E-state index is 0.434. The van der Waals surface area contributed by atoms with Crippen molar-refractivity contribution in [2.75, 3.05) is 0 Å². The third-order valence-corrected chi connectivity index (χ3v) is 15.5. The standard InChI is InChI=1S/C42H64Se3/c1-5-7-9-11-13-15-17-19-21-23-25-37-33-35(3)43-41(37)31-29-39-27-28-40(45-39)30-32-42-38(34-36(4)44-42)26-24-22-20-18-16-14-12-10-8-6-2/h27-34H,5-26H2,1-4H3/b31-29+,32-30+. The maximum absolute atomic E-state index is 2.51. The van der Waals surface area contributed by atoms with Crippen LogP contribution >= 0.6 is 0 Å². The molecule has 0 fully saturated rings. The number of hydrogen-bond acceptors (Lipinski definition) is 0. The summed E-state index contributed by atoms with van der Waals surface area (Å²) in [5.41, 5.74) is 3.27. The van der Waals surface area contributed by atoms with E-state index >= 15 is 0 Å². The topological polar surface area (TPSA) is 0 Å². The molecule has 0 aliphatic carbocycles. The van der Waals surface area contributed by atoms with Crippen molar-refractivity contribution < 1.29 is 0 Å². The average Bonchev–Trinajstić information content (AvgIpc) is 3.74. The molecule has 0 saturated carbocycles. The first-order valence-corrected chi connectivity index (χ1v) is 23.9. The van der Waals surface area contributed by atoms with Gasteiger partial charge in [0.05, 0.1) is 0 Å². The molecule has 3 heteroatoms. The Kier molecular flexibility index (Phi) is 21.3. The molecule has 250 valence electrons. The van der Waals surface area contributed by atoms with E-state index in [1.807, 2.05) is 0 Å². The van der Waals surface area contributed by atoms with E-state index < -0.39 is 0 Å². The molecule has 0 nitrogen and oxygen atoms in total. The molecular weight excluding hydrogens is 741 g/mol. The molecule has 0 radical (unpaired) electrons. The Balaban J connectivity index is 1.39. The fraction of sp³-hybridized carbons (Fsp3) is 0.619. The average molecular weight is 806 g/mol. The third-order valence-electron chi connectivity index (χ3n) is 8.97. The van der Waals surface area contributed by atoms with Crippen LogP contribution in [0.4, 0.5) is 0 Å². The molecule has 0 N–H and O–H groups in total. The summed E-state index contributed by atoms with van der Waals surface area (Å²) in [7, 11) is 0. The summed E-state index contributed by atoms with van der Waals surface area (Å²) in [5, 5.41) is 0. The fourth-order valence-electron chi connectivity index (χ4n) is 6.31. The SMILES string of the molecule is CCCCCCCCCCCCc1cc(C)[se]c1/C=C/c1ccc(/C=C/c2[se]c(C)cc2CCCCCCCCCCCC)[se]1. The Bertz CT molecular complexity index is 1120. The van der Waals surface area contributed by atoms with Crippen LogP contribution in [0.5, 0.6) is 0 Å². The number of unbranched alkanes of at least 4 members (excludes halogenated alkanes) is 18. The van der Waals surface area contributed by atoms with E-state index in [2.05, 4.69) is 76.3 Å². The van der Waals surface area contributed by atoms with E-state index in [4.69, 9.17) is 0 Å². The third kappa shape index (κ3) is 16.9. The van der Waals surface area contributed by atoms with E-state index in [9.17, 15) is 0 Å². The normalized spacial score (nSPS) is 12.0. The predicted octanol–water partition coefficient (Wildman–Crippen LogP) is 12.7. The predicted molar refractivity (Wildman–Crippen MR) is 209 cm³/mol. The van der Waals surface area contributed by atoms with Gasteiger partial charge in [0.25, 0.3) is 0 Å². The van der Waals surface area contributed by atoms with E-state index in [0.717, 1.165) is 0 Å². The summed E-state index contributed by atoms with van der Waals surface area (Å²) in [6.45, 7) is 9.28. The van der Waals surface area contributed by atoms with Crippen molar-refractivity contribution in [2.24, 2.45) is 0 Å². The zero-order chi connectivity index (χ0) is 32.0. The van der Waals surface area contributed by atoms with Gasteiger partial charge >= 0.3 is 272 Å². The van der Waals surface area contributed by atoms with Gasteiger partial charge in [-0.3, -0.25) is 0 Å². The van der Waals surface area contributed by atoms with Gasteiger partial charge in [0.2, 0.25) is 0 Å². The quantitative estimate of drug-likeness (QED) is 0.0560. The van der Waals surface area contributed by atoms with Crippen LogP contribution in [0.3, 0.4) is 0 Å². The van der Waals surface area contributed by atoms with Gasteiger partial charge in [-0.05, 0) is 0 Å². The van der Waals surface area contributed by atoms with Crippen LogP contribution in [-0.2, 0) is 12.8 Å². The second-order valence-electron chi connectivity index (χ2n) is 13.3. The summed E-state index contributed by atoms with van der Waals surface area (Å²) >= 11 is 1.49. The van der Waals surface area contributed by atoms with Crippen LogP contribution < -0.4 is 0 Å². The molecule has 0 aliphatic heterocycles. The second kappa shape index (κ2) is 24.6. The Morgan fingerprint density at radius 2 is 0.756 bits per heavy atom. The van der Waals surface area contributed by atoms with Crippen molar-refractivity contribution in [1.29, 1.82) is 0 Å². The van der Waals surface area contributed by atoms with E-state index in [0.29, 0.717) is 43.5 Å². The zero-order valence-electron chi connectivity index (χ0n) is 29.4. The Morgan fingerprint density at radius 1 is 0.422 bits per heavy atom. The maximum atomic E-state index is 2.51. The molecule has 0 bridgehead atoms. The van der Waals surface area contributed by atoms with Crippen molar-refractivity contribution in [3.63, 3.8) is 0 Å². The molecule has 0 aromatic carbocycles. The second-order valence-corrected chi connectivity index (χ2v) is 21.1. The molecule has 0 atom stereocenters. The molecule has 0 saturated heterocycles. The molecule has 0 spiro atoms. The van der Waals surface area contributed by atoms with Crippen LogP contribution in [0.2, 0.25) is 0 Å². The molecule has 3 aromatic heterocycles. The van der Waals surface area contributed by atoms with Crippen molar-refractivity contribution in [3.8, 4) is 0 Å². The monoisotopic (exact) mass is 808 g/mol. The van der Waals surface area contributed by atoms with Gasteiger partial charge in [0.1, 0.15) is 0 Å². The summed E-state index contributed by atoms with van der Waals surface area (Å²) in [4.78, 5) is 0. The molecule has 3 rings (SSSR count). The molecule has 0 aliphatic rings. The van der Waals surface area contributed by atoms with Gasteiger partial charge < -0.3 is 0 Å². The van der Waals surface area contributed by atoms with Crippen LogP contribution in [0.1, 0.15) is 180 Å². The van der Waals surface area contributed by atoms with Crippen LogP contribution in [0.25, 0.3) is 24.3 Å². The summed E-state index contributed by atoms with van der Waals surface area (Å²) in [6.07, 6.45) is 40.8. The van der Waals surface area contributed by atoms with Gasteiger partial charge in [0, 0.05) is 0 Å². The van der Waals surface area contributed by atoms with Gasteiger partial charge in [-0.1, -0.05) is 26.7 Å². The van der Waals surface area contributed by atoms with Gasteiger partial charge in [-0.2, -0.15) is 0 Å². The van der Waals surface area contributed by atoms with E-state index in [1.165, 1.54) is 150 Å². The van der Waals surface area contributed by atoms with E-state index in [-0.39, 0.29) is 0 Å². The van der Waals surface area contributed by atoms with Crippen LogP contribution in [0.15, 0.2) is 24.3 Å². The molecule has 0 amide bonds. The summed E-state index contributed by atoms with van der Waals surface area (Å²) in [6, 6.07) is 9.77. The Labute approximate surface area is 296 Å². The van der Waals surface area contributed by atoms with Gasteiger partial charge in [-0.15, -0.1) is 0 Å². The van der Waals surface area contributed by atoms with Crippen molar-refractivity contribution in [1.82, 2.24) is 0 Å². The number of rotatable bonds is 26. The van der Waals surface area contributed by atoms with E-state index in [1.54, 1.807) is 28.9 Å². The van der Waals surface area contributed by atoms with Gasteiger partial charge in [-0.25, -0.2) is 0 Å². The molecule has 3 aromatic rings. The first kappa shape index (κ1) is 38.9. The Hall–Kier alpha value is -0.522. The first-order valence-electron chi connectivity index (χ1n) is 18.7. The van der Waals surface area contributed by atoms with Crippen LogP contribution in [0, 0.1) is 13.8 Å². The number of aryl methyl sites for hydroxylation is 4. The summed E-state index contributed by atoms with van der Waals surface area (Å²) in [5.74, 6) is 0. The first-order chi connectivity index (χ1) is 22.1. The Morgan fingerprint density at radius 3 is 1.11 bits per heavy atom. The van der Waals surface area contributed by atoms with Gasteiger partial charge in [0.15, 0.2) is 0 Å². The van der Waals surface area contributed by atoms with Crippen molar-refractivity contribution >= 4 is 67.8 Å². The van der Waals surface area contributed by atoms with Crippen molar-refractivity contribution in [2.45, 2.75) is 169 Å². The molecule has 45 heavy (non-hydrogen) atoms. The molecular formula is C42H64Se3. The zero-order valence-corrected chi connectivity index (χ0v) is 34.5.